The number of carbonyl (C=O) groups excluding carboxylic acids is 1. The maximum atomic E-state index is 12.7. The van der Waals surface area contributed by atoms with Gasteiger partial charge in [-0.15, -0.1) is 0 Å². The third-order valence-electron chi connectivity index (χ3n) is 10.3. The quantitative estimate of drug-likeness (QED) is 0.0282. The number of aliphatic hydroxyl groups excluding tert-OH is 5. The van der Waals surface area contributed by atoms with Crippen LogP contribution >= 0.6 is 0 Å². The fourth-order valence-electron chi connectivity index (χ4n) is 6.75. The fourth-order valence-corrected chi connectivity index (χ4v) is 6.75. The Bertz CT molecular complexity index is 787. The van der Waals surface area contributed by atoms with Crippen LogP contribution in [0.15, 0.2) is 12.2 Å². The molecule has 1 rings (SSSR count). The molecule has 290 valence electrons. The normalized spacial score (nSPS) is 21.5. The predicted molar refractivity (Wildman–Crippen MR) is 203 cm³/mol. The van der Waals surface area contributed by atoms with Crippen molar-refractivity contribution >= 4 is 6.03 Å². The minimum Gasteiger partial charge on any atom is -0.393 e. The molecule has 8 N–H and O–H groups in total. The molecule has 0 fully saturated rings. The van der Waals surface area contributed by atoms with Crippen LogP contribution in [0.1, 0.15) is 181 Å². The summed E-state index contributed by atoms with van der Waals surface area (Å²) < 4.78 is 0. The zero-order valence-electron chi connectivity index (χ0n) is 31.6. The largest absolute Gasteiger partial charge is 0.393 e. The first-order valence-corrected chi connectivity index (χ1v) is 20.6. The summed E-state index contributed by atoms with van der Waals surface area (Å²) in [7, 11) is 0. The van der Waals surface area contributed by atoms with Gasteiger partial charge in [0.25, 0.3) is 0 Å². The van der Waals surface area contributed by atoms with Crippen LogP contribution < -0.4 is 16.0 Å². The molecule has 0 spiro atoms. The average Bonchev–Trinajstić information content (AvgIpc) is 3.09. The molecule has 7 atom stereocenters. The van der Waals surface area contributed by atoms with Gasteiger partial charge in [0, 0.05) is 25.6 Å². The maximum Gasteiger partial charge on any atom is 0.315 e. The predicted octanol–water partition coefficient (Wildman–Crippen LogP) is 7.17. The van der Waals surface area contributed by atoms with Crippen molar-refractivity contribution in [2.24, 2.45) is 0 Å². The Morgan fingerprint density at radius 2 is 1.10 bits per heavy atom. The van der Waals surface area contributed by atoms with Crippen molar-refractivity contribution in [3.8, 4) is 0 Å². The summed E-state index contributed by atoms with van der Waals surface area (Å²) in [6.45, 7) is 4.79. The highest BCUT2D eigenvalue weighted by atomic mass is 16.4. The van der Waals surface area contributed by atoms with Gasteiger partial charge in [-0.2, -0.15) is 0 Å². The number of urea groups is 1. The molecule has 0 aromatic heterocycles. The number of nitrogens with one attached hydrogen (secondary N) is 3. The first-order chi connectivity index (χ1) is 23.8. The molecular weight excluding hydrogens is 618 g/mol. The van der Waals surface area contributed by atoms with E-state index in [1.165, 1.54) is 128 Å². The van der Waals surface area contributed by atoms with Crippen molar-refractivity contribution in [3.63, 3.8) is 0 Å². The number of amides is 2. The van der Waals surface area contributed by atoms with E-state index < -0.39 is 42.6 Å². The third kappa shape index (κ3) is 24.6. The van der Waals surface area contributed by atoms with Crippen LogP contribution in [0, 0.1) is 0 Å². The standard InChI is InChI=1S/C40H79N3O6/c1-3-5-6-7-8-9-10-11-12-13-14-15-16-17-18-19-20-21-22-23-24-27-30-41-40(49)43-35(37(46)31-33(44)4-2)32-42-34-28-25-26-29-36(45)39(48)38(34)47/h25-26,33-39,42,44-48H,3-24,27-32H2,1-2H3,(H2,41,43,49). The van der Waals surface area contributed by atoms with Gasteiger partial charge in [-0.3, -0.25) is 0 Å². The second kappa shape index (κ2) is 31.5. The lowest BCUT2D eigenvalue weighted by Crippen LogP contribution is -2.57. The van der Waals surface area contributed by atoms with Crippen molar-refractivity contribution in [2.75, 3.05) is 13.1 Å². The maximum absolute atomic E-state index is 12.7. The van der Waals surface area contributed by atoms with Gasteiger partial charge in [-0.1, -0.05) is 161 Å². The number of unbranched alkanes of at least 4 members (excludes halogenated alkanes) is 21. The first kappa shape index (κ1) is 45.8. The van der Waals surface area contributed by atoms with Gasteiger partial charge in [0.1, 0.15) is 6.10 Å². The van der Waals surface area contributed by atoms with Gasteiger partial charge in [-0.05, 0) is 25.7 Å². The Labute approximate surface area is 300 Å². The van der Waals surface area contributed by atoms with E-state index in [1.54, 1.807) is 6.08 Å². The molecule has 9 heteroatoms. The van der Waals surface area contributed by atoms with Crippen LogP contribution in [0.25, 0.3) is 0 Å². The zero-order valence-corrected chi connectivity index (χ0v) is 31.6. The third-order valence-corrected chi connectivity index (χ3v) is 10.3. The molecule has 1 aliphatic carbocycles. The minimum atomic E-state index is -1.30. The molecule has 0 bridgehead atoms. The second-order valence-corrected chi connectivity index (χ2v) is 14.8. The number of aliphatic hydroxyl groups is 5. The van der Waals surface area contributed by atoms with Crippen molar-refractivity contribution < 1.29 is 30.3 Å². The highest BCUT2D eigenvalue weighted by Gasteiger charge is 2.32. The van der Waals surface area contributed by atoms with Crippen molar-refractivity contribution in [1.29, 1.82) is 0 Å². The molecule has 0 saturated carbocycles. The SMILES string of the molecule is CCCCCCCCCCCCCCCCCCCCCCCCNC(=O)NC(CNC1CC=CCC(O)C(O)C1O)C(O)CC(O)CC. The molecule has 1 aliphatic rings. The van der Waals surface area contributed by atoms with E-state index >= 15 is 0 Å². The van der Waals surface area contributed by atoms with Crippen molar-refractivity contribution in [1.82, 2.24) is 16.0 Å². The minimum absolute atomic E-state index is 0.108. The van der Waals surface area contributed by atoms with E-state index in [0.29, 0.717) is 19.4 Å². The molecule has 49 heavy (non-hydrogen) atoms. The van der Waals surface area contributed by atoms with Crippen LogP contribution in [-0.4, -0.2) is 87.3 Å². The van der Waals surface area contributed by atoms with Gasteiger partial charge in [0.2, 0.25) is 0 Å². The molecule has 0 radical (unpaired) electrons. The summed E-state index contributed by atoms with van der Waals surface area (Å²) in [5.74, 6) is 0. The fraction of sp³-hybridized carbons (Fsp3) is 0.925. The highest BCUT2D eigenvalue weighted by Crippen LogP contribution is 2.17. The summed E-state index contributed by atoms with van der Waals surface area (Å²) >= 11 is 0. The van der Waals surface area contributed by atoms with E-state index in [0.717, 1.165) is 12.8 Å². The second-order valence-electron chi connectivity index (χ2n) is 14.8. The van der Waals surface area contributed by atoms with E-state index in [4.69, 9.17) is 0 Å². The summed E-state index contributed by atoms with van der Waals surface area (Å²) in [5.41, 5.74) is 0. The summed E-state index contributed by atoms with van der Waals surface area (Å²) in [6.07, 6.45) is 29.1. The Kier molecular flexibility index (Phi) is 29.4. The number of hydrogen-bond acceptors (Lipinski definition) is 7. The summed E-state index contributed by atoms with van der Waals surface area (Å²) in [6, 6.07) is -1.66. The van der Waals surface area contributed by atoms with Crippen LogP contribution in [0.2, 0.25) is 0 Å². The van der Waals surface area contributed by atoms with E-state index in [1.807, 2.05) is 13.0 Å². The molecule has 0 heterocycles. The number of carbonyl (C=O) groups is 1. The monoisotopic (exact) mass is 698 g/mol. The number of hydrogen-bond donors (Lipinski definition) is 8. The Morgan fingerprint density at radius 3 is 1.57 bits per heavy atom. The van der Waals surface area contributed by atoms with Crippen LogP contribution in [0.3, 0.4) is 0 Å². The molecule has 2 amide bonds. The van der Waals surface area contributed by atoms with Gasteiger partial charge >= 0.3 is 6.03 Å². The molecule has 0 aliphatic heterocycles. The van der Waals surface area contributed by atoms with Crippen molar-refractivity contribution in [2.45, 2.75) is 223 Å². The summed E-state index contributed by atoms with van der Waals surface area (Å²) in [5, 5.41) is 60.6. The molecule has 0 aromatic carbocycles. The molecule has 7 unspecified atom stereocenters. The molecule has 0 aromatic rings. The van der Waals surface area contributed by atoms with E-state index in [-0.39, 0.29) is 25.4 Å². The Morgan fingerprint density at radius 1 is 0.653 bits per heavy atom. The average molecular weight is 698 g/mol. The Balaban J connectivity index is 2.09. The highest BCUT2D eigenvalue weighted by molar-refractivity contribution is 5.74. The van der Waals surface area contributed by atoms with E-state index in [2.05, 4.69) is 22.9 Å². The molecule has 0 saturated heterocycles. The van der Waals surface area contributed by atoms with Crippen molar-refractivity contribution in [3.05, 3.63) is 12.2 Å². The molecular formula is C40H79N3O6. The zero-order chi connectivity index (χ0) is 36.0. The lowest BCUT2D eigenvalue weighted by Gasteiger charge is -2.33. The van der Waals surface area contributed by atoms with Gasteiger partial charge in [-0.25, -0.2) is 4.79 Å². The lowest BCUT2D eigenvalue weighted by atomic mass is 9.93. The summed E-state index contributed by atoms with van der Waals surface area (Å²) in [4.78, 5) is 12.7. The lowest BCUT2D eigenvalue weighted by molar-refractivity contribution is -0.0723. The molecule has 9 nitrogen and oxygen atoms in total. The number of rotatable bonds is 31. The van der Waals surface area contributed by atoms with Gasteiger partial charge < -0.3 is 41.5 Å². The smallest absolute Gasteiger partial charge is 0.315 e. The van der Waals surface area contributed by atoms with E-state index in [9.17, 15) is 30.3 Å². The Hall–Kier alpha value is -1.23. The van der Waals surface area contributed by atoms with Crippen LogP contribution in [0.4, 0.5) is 4.79 Å². The van der Waals surface area contributed by atoms with Crippen LogP contribution in [-0.2, 0) is 0 Å². The van der Waals surface area contributed by atoms with Crippen LogP contribution in [0.5, 0.6) is 0 Å². The van der Waals surface area contributed by atoms with Gasteiger partial charge in [0.15, 0.2) is 0 Å². The topological polar surface area (TPSA) is 154 Å². The first-order valence-electron chi connectivity index (χ1n) is 20.6. The van der Waals surface area contributed by atoms with Gasteiger partial charge in [0.05, 0.1) is 30.5 Å².